The lowest BCUT2D eigenvalue weighted by Gasteiger charge is -2.43. The van der Waals surface area contributed by atoms with E-state index >= 15 is 4.39 Å². The third-order valence-electron chi connectivity index (χ3n) is 9.35. The molecule has 2 amide bonds. The van der Waals surface area contributed by atoms with Gasteiger partial charge in [-0.15, -0.1) is 0 Å². The standard InChI is InChI=1S/C36H43FN8O4/c1-4-39-36(40-26-6-8-27(9-7-26)43-13-15-44(16-14-43)28-21-48-22-28)42-34(23(2)3)24-5-10-31(25(17-24)19-38)49-32-11-12-45(20-29(32)37)35(47)30-18-33(46)41-30/h4-10,17,28-30,32H,11-16,18,20-22H2,1-3H3,(H,40,42)(H,41,46)/b39-4-/t29?,30-,32?/m0/s1. The van der Waals surface area contributed by atoms with Gasteiger partial charge in [-0.05, 0) is 68.8 Å². The van der Waals surface area contributed by atoms with Gasteiger partial charge in [0.05, 0.1) is 43.5 Å². The number of alkyl halides is 1. The van der Waals surface area contributed by atoms with Crippen molar-refractivity contribution >= 4 is 41.1 Å². The normalized spacial score (nSPS) is 23.3. The van der Waals surface area contributed by atoms with Gasteiger partial charge in [-0.1, -0.05) is 0 Å². The number of hydrogen-bond acceptors (Lipinski definition) is 8. The molecule has 2 aromatic carbocycles. The molecule has 49 heavy (non-hydrogen) atoms. The number of anilines is 2. The summed E-state index contributed by atoms with van der Waals surface area (Å²) < 4.78 is 26.5. The largest absolute Gasteiger partial charge is 0.486 e. The molecule has 6 rings (SSSR count). The number of nitrogens with one attached hydrogen (secondary N) is 2. The fourth-order valence-corrected chi connectivity index (χ4v) is 6.42. The molecule has 4 fully saturated rings. The van der Waals surface area contributed by atoms with Crippen molar-refractivity contribution in [2.75, 3.05) is 62.7 Å². The summed E-state index contributed by atoms with van der Waals surface area (Å²) in [6.45, 7) is 11.6. The first-order valence-corrected chi connectivity index (χ1v) is 16.8. The van der Waals surface area contributed by atoms with E-state index < -0.39 is 18.3 Å². The Balaban J connectivity index is 1.10. The Kier molecular flexibility index (Phi) is 10.6. The van der Waals surface area contributed by atoms with E-state index in [-0.39, 0.29) is 42.5 Å². The van der Waals surface area contributed by atoms with E-state index in [0.717, 1.165) is 50.7 Å². The minimum atomic E-state index is -1.44. The van der Waals surface area contributed by atoms with E-state index in [1.165, 1.54) is 10.6 Å². The molecule has 0 radical (unpaired) electrons. The van der Waals surface area contributed by atoms with Gasteiger partial charge in [-0.2, -0.15) is 5.26 Å². The summed E-state index contributed by atoms with van der Waals surface area (Å²) in [6.07, 6.45) is -0.187. The predicted molar refractivity (Wildman–Crippen MR) is 187 cm³/mol. The van der Waals surface area contributed by atoms with Gasteiger partial charge in [0.15, 0.2) is 6.17 Å². The number of allylic oxidation sites excluding steroid dienone is 1. The number of carbonyl (C=O) groups is 2. The Labute approximate surface area is 286 Å². The van der Waals surface area contributed by atoms with Crippen LogP contribution in [0.5, 0.6) is 5.75 Å². The number of nitrogens with zero attached hydrogens (tertiary/aromatic N) is 6. The van der Waals surface area contributed by atoms with Crippen molar-refractivity contribution in [2.45, 2.75) is 58.0 Å². The highest BCUT2D eigenvalue weighted by Gasteiger charge is 2.39. The van der Waals surface area contributed by atoms with Crippen molar-refractivity contribution in [2.24, 2.45) is 9.98 Å². The maximum absolute atomic E-state index is 15.2. The Morgan fingerprint density at radius 3 is 2.45 bits per heavy atom. The van der Waals surface area contributed by atoms with Gasteiger partial charge in [-0.3, -0.25) is 14.5 Å². The number of nitriles is 1. The fourth-order valence-electron chi connectivity index (χ4n) is 6.42. The van der Waals surface area contributed by atoms with Crippen LogP contribution in [0, 0.1) is 11.3 Å². The van der Waals surface area contributed by atoms with Crippen LogP contribution in [-0.4, -0.2) is 111 Å². The first-order valence-electron chi connectivity index (χ1n) is 16.8. The summed E-state index contributed by atoms with van der Waals surface area (Å²) in [7, 11) is 0. The summed E-state index contributed by atoms with van der Waals surface area (Å²) in [5, 5.41) is 15.9. The van der Waals surface area contributed by atoms with E-state index in [9.17, 15) is 14.9 Å². The molecule has 0 aliphatic carbocycles. The highest BCUT2D eigenvalue weighted by molar-refractivity contribution is 6.01. The average Bonchev–Trinajstić information content (AvgIpc) is 3.06. The van der Waals surface area contributed by atoms with Gasteiger partial charge < -0.3 is 29.9 Å². The Hall–Kier alpha value is -4.80. The van der Waals surface area contributed by atoms with Crippen LogP contribution in [-0.2, 0) is 14.3 Å². The number of piperidine rings is 1. The molecule has 0 aromatic heterocycles. The number of β-lactam (4-membered cyclic amide) rings is 1. The van der Waals surface area contributed by atoms with Crippen LogP contribution < -0.4 is 20.3 Å². The van der Waals surface area contributed by atoms with Crippen molar-refractivity contribution in [3.05, 3.63) is 59.2 Å². The Bertz CT molecular complexity index is 1660. The molecule has 0 bridgehead atoms. The lowest BCUT2D eigenvalue weighted by atomic mass is 10.0. The Morgan fingerprint density at radius 1 is 1.12 bits per heavy atom. The topological polar surface area (TPSA) is 135 Å². The number of halogens is 1. The van der Waals surface area contributed by atoms with Gasteiger partial charge >= 0.3 is 0 Å². The maximum atomic E-state index is 15.2. The molecule has 4 heterocycles. The number of piperazine rings is 1. The second kappa shape index (κ2) is 15.2. The number of guanidine groups is 1. The van der Waals surface area contributed by atoms with E-state index in [4.69, 9.17) is 14.5 Å². The number of carbonyl (C=O) groups excluding carboxylic acids is 2. The smallest absolute Gasteiger partial charge is 0.245 e. The molecule has 258 valence electrons. The van der Waals surface area contributed by atoms with Crippen molar-refractivity contribution in [1.82, 2.24) is 15.1 Å². The van der Waals surface area contributed by atoms with Crippen LogP contribution in [0.2, 0.25) is 0 Å². The molecule has 2 unspecified atom stereocenters. The number of ether oxygens (including phenoxy) is 2. The maximum Gasteiger partial charge on any atom is 0.245 e. The zero-order valence-electron chi connectivity index (χ0n) is 28.2. The predicted octanol–water partition coefficient (Wildman–Crippen LogP) is 3.60. The van der Waals surface area contributed by atoms with Crippen LogP contribution in [0.4, 0.5) is 15.8 Å². The Morgan fingerprint density at radius 2 is 1.86 bits per heavy atom. The molecule has 3 atom stereocenters. The highest BCUT2D eigenvalue weighted by Crippen LogP contribution is 2.30. The summed E-state index contributed by atoms with van der Waals surface area (Å²) in [5.41, 5.74) is 4.51. The summed E-state index contributed by atoms with van der Waals surface area (Å²) in [4.78, 5) is 39.4. The molecular formula is C36H43FN8O4. The first-order chi connectivity index (χ1) is 23.7. The second-order valence-corrected chi connectivity index (χ2v) is 12.9. The molecule has 4 aliphatic heterocycles. The highest BCUT2D eigenvalue weighted by atomic mass is 19.1. The van der Waals surface area contributed by atoms with Crippen LogP contribution in [0.3, 0.4) is 0 Å². The van der Waals surface area contributed by atoms with Gasteiger partial charge in [0.25, 0.3) is 0 Å². The van der Waals surface area contributed by atoms with E-state index in [1.807, 2.05) is 32.9 Å². The van der Waals surface area contributed by atoms with Crippen LogP contribution in [0.1, 0.15) is 44.7 Å². The summed E-state index contributed by atoms with van der Waals surface area (Å²) in [5.74, 6) is 0.203. The van der Waals surface area contributed by atoms with Gasteiger partial charge in [0, 0.05) is 62.3 Å². The van der Waals surface area contributed by atoms with Crippen molar-refractivity contribution in [3.63, 3.8) is 0 Å². The average molecular weight is 671 g/mol. The van der Waals surface area contributed by atoms with Crippen LogP contribution in [0.25, 0.3) is 5.70 Å². The first kappa shape index (κ1) is 34.1. The molecule has 4 saturated heterocycles. The number of benzene rings is 2. The monoisotopic (exact) mass is 670 g/mol. The molecule has 0 saturated carbocycles. The van der Waals surface area contributed by atoms with E-state index in [1.54, 1.807) is 24.4 Å². The third-order valence-corrected chi connectivity index (χ3v) is 9.35. The molecule has 0 spiro atoms. The number of likely N-dealkylation sites (tertiary alicyclic amines) is 1. The fraction of sp³-hybridized carbons (Fsp3) is 0.472. The summed E-state index contributed by atoms with van der Waals surface area (Å²) >= 11 is 0. The van der Waals surface area contributed by atoms with Crippen molar-refractivity contribution < 1.29 is 23.5 Å². The van der Waals surface area contributed by atoms with Gasteiger partial charge in [0.2, 0.25) is 17.8 Å². The van der Waals surface area contributed by atoms with Gasteiger partial charge in [0.1, 0.15) is 24.0 Å². The number of hydrogen-bond donors (Lipinski definition) is 2. The quantitative estimate of drug-likeness (QED) is 0.247. The summed E-state index contributed by atoms with van der Waals surface area (Å²) in [6, 6.07) is 15.6. The molecule has 2 N–H and O–H groups in total. The molecule has 4 aliphatic rings. The number of amides is 2. The van der Waals surface area contributed by atoms with Crippen LogP contribution >= 0.6 is 0 Å². The number of rotatable bonds is 8. The third kappa shape index (κ3) is 7.92. The minimum absolute atomic E-state index is 0.128. The molecule has 13 heteroatoms. The minimum Gasteiger partial charge on any atom is -0.486 e. The lowest BCUT2D eigenvalue weighted by Crippen LogP contribution is -2.60. The van der Waals surface area contributed by atoms with Crippen molar-refractivity contribution in [3.8, 4) is 11.8 Å². The zero-order valence-corrected chi connectivity index (χ0v) is 28.2. The molecule has 12 nitrogen and oxygen atoms in total. The lowest BCUT2D eigenvalue weighted by molar-refractivity contribution is -0.146. The second-order valence-electron chi connectivity index (χ2n) is 12.9. The van der Waals surface area contributed by atoms with Crippen LogP contribution in [0.15, 0.2) is 58.0 Å². The molecular weight excluding hydrogens is 627 g/mol. The SMILES string of the molecule is C/C=N\C(=N/C(=C(C)C)c1ccc(OC2CCN(C(=O)[C@@H]3CC(=O)N3)CC2F)c(C#N)c1)Nc1ccc(N2CCN(C3COC3)CC2)cc1. The van der Waals surface area contributed by atoms with E-state index in [0.29, 0.717) is 29.8 Å². The zero-order chi connectivity index (χ0) is 34.5. The molecule has 2 aromatic rings. The van der Waals surface area contributed by atoms with Crippen molar-refractivity contribution in [1.29, 1.82) is 5.26 Å². The van der Waals surface area contributed by atoms with E-state index in [2.05, 4.69) is 43.6 Å². The number of aliphatic imine (C=N–C) groups is 2. The van der Waals surface area contributed by atoms with Gasteiger partial charge in [-0.25, -0.2) is 14.4 Å².